The molecule has 0 spiro atoms. The molecule has 0 aliphatic carbocycles. The van der Waals surface area contributed by atoms with E-state index in [1.54, 1.807) is 0 Å². The maximum Gasteiger partial charge on any atom is 0.407 e. The van der Waals surface area contributed by atoms with Crippen LogP contribution in [-0.2, 0) is 6.61 Å². The minimum absolute atomic E-state index is 0.310. The number of likely N-dealkylation sites (tertiary alicyclic amines) is 1. The molecule has 0 radical (unpaired) electrons. The van der Waals surface area contributed by atoms with Gasteiger partial charge in [-0.25, -0.2) is 4.79 Å². The lowest BCUT2D eigenvalue weighted by Crippen LogP contribution is -2.47. The number of hydrogen-bond acceptors (Lipinski definition) is 2. The van der Waals surface area contributed by atoms with Crippen LogP contribution in [0.3, 0.4) is 0 Å². The molecule has 3 rings (SSSR count). The summed E-state index contributed by atoms with van der Waals surface area (Å²) in [5, 5.41) is 8.83. The topological polar surface area (TPSA) is 49.8 Å². The van der Waals surface area contributed by atoms with Crippen molar-refractivity contribution in [2.24, 2.45) is 0 Å². The van der Waals surface area contributed by atoms with Gasteiger partial charge >= 0.3 is 6.09 Å². The van der Waals surface area contributed by atoms with Crippen LogP contribution in [0.2, 0.25) is 0 Å². The second-order valence-corrected chi connectivity index (χ2v) is 5.23. The van der Waals surface area contributed by atoms with Gasteiger partial charge in [0.2, 0.25) is 0 Å². The first-order chi connectivity index (χ1) is 10.2. The standard InChI is InChI=1S/C17H17NO3/c19-17(20)18-10-15(11-18)14-6-8-16(9-7-14)21-12-13-4-2-1-3-5-13/h1-9,15H,10-12H2,(H,19,20). The lowest BCUT2D eigenvalue weighted by Gasteiger charge is -2.37. The Kier molecular flexibility index (Phi) is 3.77. The summed E-state index contributed by atoms with van der Waals surface area (Å²) in [5.74, 6) is 1.14. The van der Waals surface area contributed by atoms with E-state index in [9.17, 15) is 4.79 Å². The molecule has 2 aromatic carbocycles. The van der Waals surface area contributed by atoms with Crippen molar-refractivity contribution < 1.29 is 14.6 Å². The van der Waals surface area contributed by atoms with Crippen LogP contribution < -0.4 is 4.74 Å². The lowest BCUT2D eigenvalue weighted by atomic mass is 9.92. The molecule has 0 bridgehead atoms. The number of rotatable bonds is 4. The zero-order valence-electron chi connectivity index (χ0n) is 11.6. The molecule has 1 aliphatic heterocycles. The summed E-state index contributed by atoms with van der Waals surface area (Å²) in [5.41, 5.74) is 2.30. The van der Waals surface area contributed by atoms with Crippen molar-refractivity contribution in [3.8, 4) is 5.75 Å². The normalized spacial score (nSPS) is 14.6. The van der Waals surface area contributed by atoms with Crippen LogP contribution in [0.15, 0.2) is 54.6 Å². The van der Waals surface area contributed by atoms with Gasteiger partial charge in [-0.2, -0.15) is 0 Å². The third-order valence-corrected chi connectivity index (χ3v) is 3.75. The number of benzene rings is 2. The van der Waals surface area contributed by atoms with E-state index in [4.69, 9.17) is 9.84 Å². The minimum atomic E-state index is -0.839. The van der Waals surface area contributed by atoms with Crippen LogP contribution in [0.4, 0.5) is 4.79 Å². The second kappa shape index (κ2) is 5.87. The number of carbonyl (C=O) groups is 1. The molecule has 0 saturated carbocycles. The SMILES string of the molecule is O=C(O)N1CC(c2ccc(OCc3ccccc3)cc2)C1. The summed E-state index contributed by atoms with van der Waals surface area (Å²) in [6, 6.07) is 18.0. The van der Waals surface area contributed by atoms with Crippen LogP contribution in [0.1, 0.15) is 17.0 Å². The van der Waals surface area contributed by atoms with Crippen molar-refractivity contribution >= 4 is 6.09 Å². The summed E-state index contributed by atoms with van der Waals surface area (Å²) < 4.78 is 5.73. The molecule has 1 heterocycles. The maximum absolute atomic E-state index is 10.7. The Morgan fingerprint density at radius 2 is 1.76 bits per heavy atom. The summed E-state index contributed by atoms with van der Waals surface area (Å²) >= 11 is 0. The van der Waals surface area contributed by atoms with Gasteiger partial charge in [0, 0.05) is 19.0 Å². The van der Waals surface area contributed by atoms with Crippen molar-refractivity contribution in [1.82, 2.24) is 4.90 Å². The van der Waals surface area contributed by atoms with Gasteiger partial charge in [-0.1, -0.05) is 42.5 Å². The Morgan fingerprint density at radius 3 is 2.38 bits per heavy atom. The molecule has 4 nitrogen and oxygen atoms in total. The molecule has 0 aromatic heterocycles. The predicted molar refractivity (Wildman–Crippen MR) is 79.6 cm³/mol. The number of hydrogen-bond donors (Lipinski definition) is 1. The van der Waals surface area contributed by atoms with E-state index in [-0.39, 0.29) is 0 Å². The van der Waals surface area contributed by atoms with Crippen LogP contribution >= 0.6 is 0 Å². The number of carboxylic acid groups (broad SMARTS) is 1. The van der Waals surface area contributed by atoms with Crippen molar-refractivity contribution in [3.63, 3.8) is 0 Å². The number of ether oxygens (including phenoxy) is 1. The summed E-state index contributed by atoms with van der Waals surface area (Å²) in [4.78, 5) is 12.2. The van der Waals surface area contributed by atoms with Gasteiger partial charge in [0.05, 0.1) is 0 Å². The smallest absolute Gasteiger partial charge is 0.407 e. The molecule has 1 N–H and O–H groups in total. The van der Waals surface area contributed by atoms with E-state index in [0.717, 1.165) is 11.3 Å². The summed E-state index contributed by atoms with van der Waals surface area (Å²) in [6.07, 6.45) is -0.839. The molecule has 108 valence electrons. The lowest BCUT2D eigenvalue weighted by molar-refractivity contribution is 0.105. The van der Waals surface area contributed by atoms with Crippen molar-refractivity contribution in [1.29, 1.82) is 0 Å². The molecule has 2 aromatic rings. The summed E-state index contributed by atoms with van der Waals surface area (Å²) in [6.45, 7) is 1.72. The van der Waals surface area contributed by atoms with Gasteiger partial charge in [-0.15, -0.1) is 0 Å². The highest BCUT2D eigenvalue weighted by Gasteiger charge is 2.31. The number of amides is 1. The minimum Gasteiger partial charge on any atom is -0.489 e. The first kappa shape index (κ1) is 13.5. The molecule has 0 atom stereocenters. The highest BCUT2D eigenvalue weighted by atomic mass is 16.5. The van der Waals surface area contributed by atoms with E-state index >= 15 is 0 Å². The van der Waals surface area contributed by atoms with E-state index in [2.05, 4.69) is 0 Å². The second-order valence-electron chi connectivity index (χ2n) is 5.23. The van der Waals surface area contributed by atoms with E-state index in [1.165, 1.54) is 10.5 Å². The van der Waals surface area contributed by atoms with Crippen molar-refractivity contribution in [3.05, 3.63) is 65.7 Å². The summed E-state index contributed by atoms with van der Waals surface area (Å²) in [7, 11) is 0. The fourth-order valence-electron chi connectivity index (χ4n) is 2.42. The first-order valence-electron chi connectivity index (χ1n) is 6.97. The largest absolute Gasteiger partial charge is 0.489 e. The van der Waals surface area contributed by atoms with Crippen LogP contribution in [0, 0.1) is 0 Å². The van der Waals surface area contributed by atoms with E-state index in [1.807, 2.05) is 54.6 Å². The van der Waals surface area contributed by atoms with Crippen LogP contribution in [0.25, 0.3) is 0 Å². The number of nitrogens with zero attached hydrogens (tertiary/aromatic N) is 1. The van der Waals surface area contributed by atoms with Gasteiger partial charge in [-0.3, -0.25) is 0 Å². The average Bonchev–Trinajstić information content (AvgIpc) is 2.45. The highest BCUT2D eigenvalue weighted by Crippen LogP contribution is 2.28. The van der Waals surface area contributed by atoms with Crippen LogP contribution in [-0.4, -0.2) is 29.2 Å². The predicted octanol–water partition coefficient (Wildman–Crippen LogP) is 3.34. The highest BCUT2D eigenvalue weighted by molar-refractivity contribution is 5.66. The average molecular weight is 283 g/mol. The molecule has 1 saturated heterocycles. The first-order valence-corrected chi connectivity index (χ1v) is 6.97. The van der Waals surface area contributed by atoms with Gasteiger partial charge in [0.1, 0.15) is 12.4 Å². The third-order valence-electron chi connectivity index (χ3n) is 3.75. The Morgan fingerprint density at radius 1 is 1.10 bits per heavy atom. The quantitative estimate of drug-likeness (QED) is 0.936. The Balaban J connectivity index is 1.54. The molecular weight excluding hydrogens is 266 g/mol. The third kappa shape index (κ3) is 3.16. The Labute approximate surface area is 123 Å². The van der Waals surface area contributed by atoms with E-state index < -0.39 is 6.09 Å². The fraction of sp³-hybridized carbons (Fsp3) is 0.235. The Hall–Kier alpha value is -2.49. The van der Waals surface area contributed by atoms with Crippen LogP contribution in [0.5, 0.6) is 5.75 Å². The molecule has 1 fully saturated rings. The fourth-order valence-corrected chi connectivity index (χ4v) is 2.42. The van der Waals surface area contributed by atoms with Gasteiger partial charge in [0.15, 0.2) is 0 Å². The zero-order valence-corrected chi connectivity index (χ0v) is 11.6. The van der Waals surface area contributed by atoms with Crippen molar-refractivity contribution in [2.75, 3.05) is 13.1 Å². The molecule has 4 heteroatoms. The van der Waals surface area contributed by atoms with Gasteiger partial charge in [0.25, 0.3) is 0 Å². The monoisotopic (exact) mass is 283 g/mol. The Bertz CT molecular complexity index is 604. The molecule has 1 aliphatic rings. The maximum atomic E-state index is 10.7. The van der Waals surface area contributed by atoms with Gasteiger partial charge < -0.3 is 14.7 Å². The van der Waals surface area contributed by atoms with Crippen molar-refractivity contribution in [2.45, 2.75) is 12.5 Å². The molecule has 21 heavy (non-hydrogen) atoms. The molecule has 1 amide bonds. The molecule has 0 unspecified atom stereocenters. The molecular formula is C17H17NO3. The van der Waals surface area contributed by atoms with Gasteiger partial charge in [-0.05, 0) is 23.3 Å². The van der Waals surface area contributed by atoms with E-state index in [0.29, 0.717) is 25.6 Å². The zero-order chi connectivity index (χ0) is 14.7.